The summed E-state index contributed by atoms with van der Waals surface area (Å²) in [6.45, 7) is 5.19. The second kappa shape index (κ2) is 3.49. The predicted molar refractivity (Wildman–Crippen MR) is 58.4 cm³/mol. The zero-order valence-electron chi connectivity index (χ0n) is 9.10. The molecular weight excluding hydrogens is 172 g/mol. The van der Waals surface area contributed by atoms with Crippen molar-refractivity contribution in [3.63, 3.8) is 0 Å². The molecule has 0 amide bonds. The molecule has 2 heteroatoms. The highest BCUT2D eigenvalue weighted by molar-refractivity contribution is 5.00. The minimum Gasteiger partial charge on any atom is -0.314 e. The van der Waals surface area contributed by atoms with Gasteiger partial charge in [0.1, 0.15) is 0 Å². The van der Waals surface area contributed by atoms with Crippen LogP contribution in [0.25, 0.3) is 0 Å². The topological polar surface area (TPSA) is 15.3 Å². The Kier molecular flexibility index (Phi) is 2.29. The van der Waals surface area contributed by atoms with E-state index in [2.05, 4.69) is 10.2 Å². The number of rotatable bonds is 2. The quantitative estimate of drug-likeness (QED) is 0.718. The van der Waals surface area contributed by atoms with Crippen molar-refractivity contribution in [3.05, 3.63) is 0 Å². The van der Waals surface area contributed by atoms with Gasteiger partial charge in [0.25, 0.3) is 0 Å². The Balaban J connectivity index is 1.70. The number of hydrogen-bond acceptors (Lipinski definition) is 2. The average molecular weight is 194 g/mol. The van der Waals surface area contributed by atoms with Gasteiger partial charge in [-0.2, -0.15) is 0 Å². The molecule has 0 aromatic heterocycles. The Labute approximate surface area is 87.0 Å². The lowest BCUT2D eigenvalue weighted by molar-refractivity contribution is 0.0603. The second-order valence-electron chi connectivity index (χ2n) is 5.50. The SMILES string of the molecule is C1CCC2(C1)CNCCN2CC1CC1. The van der Waals surface area contributed by atoms with Gasteiger partial charge in [-0.15, -0.1) is 0 Å². The van der Waals surface area contributed by atoms with Crippen molar-refractivity contribution in [1.29, 1.82) is 0 Å². The van der Waals surface area contributed by atoms with Gasteiger partial charge < -0.3 is 5.32 Å². The fourth-order valence-corrected chi connectivity index (χ4v) is 3.31. The summed E-state index contributed by atoms with van der Waals surface area (Å²) in [5.41, 5.74) is 0.584. The highest BCUT2D eigenvalue weighted by Crippen LogP contribution is 2.39. The van der Waals surface area contributed by atoms with Crippen LogP contribution in [0.1, 0.15) is 38.5 Å². The van der Waals surface area contributed by atoms with Crippen molar-refractivity contribution < 1.29 is 0 Å². The summed E-state index contributed by atoms with van der Waals surface area (Å²) in [5.74, 6) is 1.06. The Hall–Kier alpha value is -0.0800. The van der Waals surface area contributed by atoms with Gasteiger partial charge in [-0.05, 0) is 31.6 Å². The largest absolute Gasteiger partial charge is 0.314 e. The van der Waals surface area contributed by atoms with Crippen LogP contribution in [-0.4, -0.2) is 36.6 Å². The maximum atomic E-state index is 3.60. The van der Waals surface area contributed by atoms with Gasteiger partial charge in [0.15, 0.2) is 0 Å². The minimum atomic E-state index is 0.584. The van der Waals surface area contributed by atoms with E-state index >= 15 is 0 Å². The molecule has 2 nitrogen and oxygen atoms in total. The maximum absolute atomic E-state index is 3.60. The van der Waals surface area contributed by atoms with E-state index < -0.39 is 0 Å². The molecule has 3 aliphatic rings. The molecule has 3 rings (SSSR count). The van der Waals surface area contributed by atoms with Gasteiger partial charge in [-0.25, -0.2) is 0 Å². The molecule has 0 unspecified atom stereocenters. The molecular formula is C12H22N2. The molecule has 1 N–H and O–H groups in total. The van der Waals surface area contributed by atoms with Crippen molar-refractivity contribution >= 4 is 0 Å². The first-order chi connectivity index (χ1) is 6.89. The number of nitrogens with one attached hydrogen (secondary N) is 1. The molecule has 0 bridgehead atoms. The van der Waals surface area contributed by atoms with Crippen LogP contribution in [0, 0.1) is 5.92 Å². The lowest BCUT2D eigenvalue weighted by Gasteiger charge is -2.45. The van der Waals surface area contributed by atoms with Gasteiger partial charge in [-0.1, -0.05) is 12.8 Å². The normalized spacial score (nSPS) is 32.6. The molecule has 1 spiro atoms. The third kappa shape index (κ3) is 1.59. The van der Waals surface area contributed by atoms with Crippen molar-refractivity contribution in [3.8, 4) is 0 Å². The van der Waals surface area contributed by atoms with Gasteiger partial charge in [0, 0.05) is 31.7 Å². The Morgan fingerprint density at radius 2 is 2.00 bits per heavy atom. The molecule has 80 valence electrons. The van der Waals surface area contributed by atoms with E-state index in [1.807, 2.05) is 0 Å². The fourth-order valence-electron chi connectivity index (χ4n) is 3.31. The molecule has 2 aliphatic carbocycles. The van der Waals surface area contributed by atoms with Crippen LogP contribution in [-0.2, 0) is 0 Å². The molecule has 0 atom stereocenters. The Bertz CT molecular complexity index is 204. The monoisotopic (exact) mass is 194 g/mol. The molecule has 1 heterocycles. The van der Waals surface area contributed by atoms with Crippen LogP contribution in [0.3, 0.4) is 0 Å². The standard InChI is InChI=1S/C12H22N2/c1-2-6-12(5-1)10-13-7-8-14(12)9-11-3-4-11/h11,13H,1-10H2. The third-order valence-corrected chi connectivity index (χ3v) is 4.39. The first kappa shape index (κ1) is 9.17. The first-order valence-corrected chi connectivity index (χ1v) is 6.35. The number of hydrogen-bond donors (Lipinski definition) is 1. The van der Waals surface area contributed by atoms with Crippen LogP contribution in [0.15, 0.2) is 0 Å². The molecule has 1 saturated heterocycles. The van der Waals surface area contributed by atoms with Gasteiger partial charge in [0.05, 0.1) is 0 Å². The van der Waals surface area contributed by atoms with Gasteiger partial charge >= 0.3 is 0 Å². The van der Waals surface area contributed by atoms with E-state index in [4.69, 9.17) is 0 Å². The highest BCUT2D eigenvalue weighted by Gasteiger charge is 2.42. The molecule has 2 saturated carbocycles. The fraction of sp³-hybridized carbons (Fsp3) is 1.00. The van der Waals surface area contributed by atoms with Gasteiger partial charge in [0.2, 0.25) is 0 Å². The lowest BCUT2D eigenvalue weighted by atomic mass is 9.92. The number of nitrogens with zero attached hydrogens (tertiary/aromatic N) is 1. The van der Waals surface area contributed by atoms with Crippen molar-refractivity contribution in [2.45, 2.75) is 44.1 Å². The van der Waals surface area contributed by atoms with Crippen LogP contribution in [0.5, 0.6) is 0 Å². The van der Waals surface area contributed by atoms with Crippen molar-refractivity contribution in [2.75, 3.05) is 26.2 Å². The molecule has 3 fully saturated rings. The summed E-state index contributed by atoms with van der Waals surface area (Å²) in [7, 11) is 0. The molecule has 0 radical (unpaired) electrons. The molecule has 0 aromatic rings. The van der Waals surface area contributed by atoms with E-state index in [9.17, 15) is 0 Å². The van der Waals surface area contributed by atoms with Crippen LogP contribution in [0.4, 0.5) is 0 Å². The minimum absolute atomic E-state index is 0.584. The predicted octanol–water partition coefficient (Wildman–Crippen LogP) is 1.61. The summed E-state index contributed by atoms with van der Waals surface area (Å²) in [6.07, 6.45) is 8.82. The lowest BCUT2D eigenvalue weighted by Crippen LogP contribution is -2.60. The zero-order valence-corrected chi connectivity index (χ0v) is 9.10. The highest BCUT2D eigenvalue weighted by atomic mass is 15.3. The van der Waals surface area contributed by atoms with E-state index in [0.29, 0.717) is 5.54 Å². The Morgan fingerprint density at radius 3 is 2.71 bits per heavy atom. The molecule has 1 aliphatic heterocycles. The van der Waals surface area contributed by atoms with Crippen molar-refractivity contribution in [1.82, 2.24) is 10.2 Å². The molecule has 14 heavy (non-hydrogen) atoms. The van der Waals surface area contributed by atoms with Crippen molar-refractivity contribution in [2.24, 2.45) is 5.92 Å². The summed E-state index contributed by atoms with van der Waals surface area (Å²) in [4.78, 5) is 2.83. The van der Waals surface area contributed by atoms with Crippen LogP contribution >= 0.6 is 0 Å². The summed E-state index contributed by atoms with van der Waals surface area (Å²) in [6, 6.07) is 0. The van der Waals surface area contributed by atoms with E-state index in [1.54, 1.807) is 0 Å². The Morgan fingerprint density at radius 1 is 1.21 bits per heavy atom. The molecule has 0 aromatic carbocycles. The summed E-state index contributed by atoms with van der Waals surface area (Å²) in [5, 5.41) is 3.60. The van der Waals surface area contributed by atoms with E-state index in [1.165, 1.54) is 64.7 Å². The first-order valence-electron chi connectivity index (χ1n) is 6.35. The van der Waals surface area contributed by atoms with Crippen LogP contribution in [0.2, 0.25) is 0 Å². The smallest absolute Gasteiger partial charge is 0.0334 e. The average Bonchev–Trinajstić information content (AvgIpc) is 2.90. The van der Waals surface area contributed by atoms with Gasteiger partial charge in [-0.3, -0.25) is 4.90 Å². The zero-order chi connectivity index (χ0) is 9.43. The second-order valence-corrected chi connectivity index (χ2v) is 5.50. The number of piperazine rings is 1. The summed E-state index contributed by atoms with van der Waals surface area (Å²) < 4.78 is 0. The van der Waals surface area contributed by atoms with E-state index in [0.717, 1.165) is 5.92 Å². The maximum Gasteiger partial charge on any atom is 0.0334 e. The van der Waals surface area contributed by atoms with E-state index in [-0.39, 0.29) is 0 Å². The third-order valence-electron chi connectivity index (χ3n) is 4.39. The summed E-state index contributed by atoms with van der Waals surface area (Å²) >= 11 is 0. The van der Waals surface area contributed by atoms with Crippen LogP contribution < -0.4 is 5.32 Å².